The van der Waals surface area contributed by atoms with Crippen molar-refractivity contribution in [2.75, 3.05) is 26.2 Å². The van der Waals surface area contributed by atoms with E-state index in [9.17, 15) is 19.2 Å². The van der Waals surface area contributed by atoms with E-state index < -0.39 is 23.9 Å². The van der Waals surface area contributed by atoms with Gasteiger partial charge in [-0.05, 0) is 38.3 Å². The number of hydrogen-bond acceptors (Lipinski definition) is 6. The van der Waals surface area contributed by atoms with Gasteiger partial charge in [0.15, 0.2) is 0 Å². The van der Waals surface area contributed by atoms with E-state index in [0.717, 1.165) is 0 Å². The van der Waals surface area contributed by atoms with Gasteiger partial charge in [-0.3, -0.25) is 19.2 Å². The lowest BCUT2D eigenvalue weighted by Crippen LogP contribution is -2.57. The van der Waals surface area contributed by atoms with Gasteiger partial charge in [-0.15, -0.1) is 0 Å². The van der Waals surface area contributed by atoms with Crippen molar-refractivity contribution in [1.29, 1.82) is 0 Å². The van der Waals surface area contributed by atoms with Crippen LogP contribution < -0.4 is 20.7 Å². The lowest BCUT2D eigenvalue weighted by Gasteiger charge is -2.37. The fourth-order valence-electron chi connectivity index (χ4n) is 4.32. The minimum absolute atomic E-state index is 0.167. The average Bonchev–Trinajstić information content (AvgIpc) is 2.80. The zero-order valence-electron chi connectivity index (χ0n) is 20.8. The Balaban J connectivity index is 1.90. The molecule has 0 saturated carbocycles. The predicted octanol–water partition coefficient (Wildman–Crippen LogP) is 0.850. The number of para-hydroxylation sites is 1. The fraction of sp³-hybridized carbons (Fsp3) is 0.600. The van der Waals surface area contributed by atoms with Crippen molar-refractivity contribution in [3.05, 3.63) is 29.8 Å². The maximum Gasteiger partial charge on any atom is 0.255 e. The molecule has 35 heavy (non-hydrogen) atoms. The predicted molar refractivity (Wildman–Crippen MR) is 129 cm³/mol. The standard InChI is InChI=1S/C25H36N4O6/c1-15(2)22-24(32)26-10-7-11-34-20-9-6-5-8-18(20)23(31)27-19(12-21(30)28-22)25(33)29-13-16(3)35-17(4)14-29/h5-6,8-9,15-17,19,22H,7,10-14H2,1-4H3,(H,26,32)(H,27,31)(H,28,30)/t16-,17+,19-,22-/m0/s1. The number of amides is 4. The van der Waals surface area contributed by atoms with Crippen LogP contribution >= 0.6 is 0 Å². The summed E-state index contributed by atoms with van der Waals surface area (Å²) in [5, 5.41) is 8.32. The van der Waals surface area contributed by atoms with Crippen LogP contribution in [0.4, 0.5) is 0 Å². The zero-order valence-corrected chi connectivity index (χ0v) is 20.8. The fourth-order valence-corrected chi connectivity index (χ4v) is 4.32. The lowest BCUT2D eigenvalue weighted by molar-refractivity contribution is -0.146. The molecule has 1 aromatic carbocycles. The van der Waals surface area contributed by atoms with Gasteiger partial charge >= 0.3 is 0 Å². The number of fused-ring (bicyclic) bond motifs is 1. The Kier molecular flexibility index (Phi) is 9.08. The number of rotatable bonds is 2. The van der Waals surface area contributed by atoms with Gasteiger partial charge in [0, 0.05) is 19.6 Å². The summed E-state index contributed by atoms with van der Waals surface area (Å²) < 4.78 is 11.5. The van der Waals surface area contributed by atoms with Crippen molar-refractivity contribution in [3.8, 4) is 5.75 Å². The van der Waals surface area contributed by atoms with Crippen LogP contribution in [0.25, 0.3) is 0 Å². The Morgan fingerprint density at radius 3 is 2.43 bits per heavy atom. The van der Waals surface area contributed by atoms with E-state index in [-0.39, 0.29) is 48.5 Å². The molecule has 3 N–H and O–H groups in total. The summed E-state index contributed by atoms with van der Waals surface area (Å²) in [4.78, 5) is 54.0. The van der Waals surface area contributed by atoms with Crippen LogP contribution in [0.15, 0.2) is 24.3 Å². The monoisotopic (exact) mass is 488 g/mol. The van der Waals surface area contributed by atoms with E-state index in [1.165, 1.54) is 0 Å². The van der Waals surface area contributed by atoms with E-state index in [1.807, 2.05) is 27.7 Å². The molecule has 10 heteroatoms. The molecule has 2 heterocycles. The molecule has 0 radical (unpaired) electrons. The maximum atomic E-state index is 13.5. The van der Waals surface area contributed by atoms with Gasteiger partial charge in [0.2, 0.25) is 17.7 Å². The third-order valence-corrected chi connectivity index (χ3v) is 6.00. The molecule has 0 spiro atoms. The summed E-state index contributed by atoms with van der Waals surface area (Å²) in [6.45, 7) is 8.77. The summed E-state index contributed by atoms with van der Waals surface area (Å²) in [5.41, 5.74) is 0.272. The summed E-state index contributed by atoms with van der Waals surface area (Å²) in [6.07, 6.45) is -0.116. The molecule has 3 rings (SSSR count). The van der Waals surface area contributed by atoms with Gasteiger partial charge in [0.1, 0.15) is 17.8 Å². The molecule has 2 aliphatic rings. The van der Waals surface area contributed by atoms with Crippen LogP contribution in [0, 0.1) is 5.92 Å². The van der Waals surface area contributed by atoms with Crippen molar-refractivity contribution < 1.29 is 28.7 Å². The molecular formula is C25H36N4O6. The maximum absolute atomic E-state index is 13.5. The topological polar surface area (TPSA) is 126 Å². The summed E-state index contributed by atoms with van der Waals surface area (Å²) >= 11 is 0. The smallest absolute Gasteiger partial charge is 0.255 e. The molecule has 0 aromatic heterocycles. The molecule has 4 amide bonds. The highest BCUT2D eigenvalue weighted by Crippen LogP contribution is 2.19. The Labute approximate surface area is 206 Å². The van der Waals surface area contributed by atoms with Crippen molar-refractivity contribution in [2.45, 2.75) is 64.8 Å². The summed E-state index contributed by atoms with van der Waals surface area (Å²) in [6, 6.07) is 4.87. The zero-order chi connectivity index (χ0) is 25.5. The molecule has 1 fully saturated rings. The van der Waals surface area contributed by atoms with E-state index >= 15 is 0 Å². The first-order chi connectivity index (χ1) is 16.7. The second-order valence-electron chi connectivity index (χ2n) is 9.51. The third kappa shape index (κ3) is 7.17. The number of nitrogens with one attached hydrogen (secondary N) is 3. The Hall–Kier alpha value is -3.14. The summed E-state index contributed by atoms with van der Waals surface area (Å²) in [5.74, 6) is -1.47. The SMILES string of the molecule is CC(C)[C@@H]1NC(=O)C[C@@H](C(=O)N2C[C@@H](C)O[C@@H](C)C2)NC(=O)c2ccccc2OCCCNC1=O. The minimum Gasteiger partial charge on any atom is -0.493 e. The molecule has 1 aromatic rings. The van der Waals surface area contributed by atoms with E-state index in [1.54, 1.807) is 29.2 Å². The molecule has 4 atom stereocenters. The average molecular weight is 489 g/mol. The van der Waals surface area contributed by atoms with Crippen molar-refractivity contribution in [2.24, 2.45) is 5.92 Å². The van der Waals surface area contributed by atoms with Crippen LogP contribution in [0.2, 0.25) is 0 Å². The highest BCUT2D eigenvalue weighted by Gasteiger charge is 2.34. The third-order valence-electron chi connectivity index (χ3n) is 6.00. The number of nitrogens with zero attached hydrogens (tertiary/aromatic N) is 1. The molecule has 0 bridgehead atoms. The number of benzene rings is 1. The van der Waals surface area contributed by atoms with Crippen LogP contribution in [0.5, 0.6) is 5.75 Å². The van der Waals surface area contributed by atoms with E-state index in [2.05, 4.69) is 16.0 Å². The summed E-state index contributed by atoms with van der Waals surface area (Å²) in [7, 11) is 0. The molecule has 10 nitrogen and oxygen atoms in total. The number of carbonyl (C=O) groups excluding carboxylic acids is 4. The molecule has 2 aliphatic heterocycles. The quantitative estimate of drug-likeness (QED) is 0.567. The number of carbonyl (C=O) groups is 4. The first kappa shape index (κ1) is 26.5. The van der Waals surface area contributed by atoms with E-state index in [0.29, 0.717) is 31.8 Å². The number of ether oxygens (including phenoxy) is 2. The number of morpholine rings is 1. The van der Waals surface area contributed by atoms with Crippen molar-refractivity contribution in [1.82, 2.24) is 20.9 Å². The molecular weight excluding hydrogens is 452 g/mol. The lowest BCUT2D eigenvalue weighted by atomic mass is 10.0. The van der Waals surface area contributed by atoms with Crippen LogP contribution in [0.3, 0.4) is 0 Å². The van der Waals surface area contributed by atoms with Gasteiger partial charge in [-0.2, -0.15) is 0 Å². The van der Waals surface area contributed by atoms with Gasteiger partial charge in [-0.25, -0.2) is 0 Å². The molecule has 0 aliphatic carbocycles. The highest BCUT2D eigenvalue weighted by atomic mass is 16.5. The van der Waals surface area contributed by atoms with E-state index in [4.69, 9.17) is 9.47 Å². The van der Waals surface area contributed by atoms with Gasteiger partial charge in [0.25, 0.3) is 5.91 Å². The Morgan fingerprint density at radius 1 is 1.06 bits per heavy atom. The van der Waals surface area contributed by atoms with Gasteiger partial charge in [0.05, 0.1) is 30.8 Å². The first-order valence-electron chi connectivity index (χ1n) is 12.2. The second kappa shape index (κ2) is 12.0. The molecule has 0 unspecified atom stereocenters. The molecule has 192 valence electrons. The number of hydrogen-bond donors (Lipinski definition) is 3. The minimum atomic E-state index is -1.12. The normalized spacial score (nSPS) is 26.9. The van der Waals surface area contributed by atoms with Gasteiger partial charge < -0.3 is 30.3 Å². The Bertz CT molecular complexity index is 926. The highest BCUT2D eigenvalue weighted by molar-refractivity contribution is 6.01. The van der Waals surface area contributed by atoms with Crippen LogP contribution in [-0.4, -0.2) is 79.1 Å². The molecule has 1 saturated heterocycles. The second-order valence-corrected chi connectivity index (χ2v) is 9.51. The Morgan fingerprint density at radius 2 is 1.74 bits per heavy atom. The van der Waals surface area contributed by atoms with Crippen molar-refractivity contribution >= 4 is 23.6 Å². The van der Waals surface area contributed by atoms with Crippen LogP contribution in [-0.2, 0) is 19.1 Å². The van der Waals surface area contributed by atoms with Gasteiger partial charge in [-0.1, -0.05) is 26.0 Å². The first-order valence-corrected chi connectivity index (χ1v) is 12.2. The largest absolute Gasteiger partial charge is 0.493 e. The van der Waals surface area contributed by atoms with Crippen molar-refractivity contribution in [3.63, 3.8) is 0 Å². The van der Waals surface area contributed by atoms with Crippen LogP contribution in [0.1, 0.15) is 50.9 Å².